The third-order valence-corrected chi connectivity index (χ3v) is 2.65. The highest BCUT2D eigenvalue weighted by molar-refractivity contribution is 5.93. The predicted molar refractivity (Wildman–Crippen MR) is 67.7 cm³/mol. The summed E-state index contributed by atoms with van der Waals surface area (Å²) in [5.41, 5.74) is 0.666. The number of rotatable bonds is 4. The minimum Gasteiger partial charge on any atom is -0.494 e. The van der Waals surface area contributed by atoms with Gasteiger partial charge in [-0.25, -0.2) is 9.59 Å². The number of carboxylic acids is 1. The molecule has 0 spiro atoms. The number of urea groups is 1. The van der Waals surface area contributed by atoms with Gasteiger partial charge in [-0.05, 0) is 30.7 Å². The Morgan fingerprint density at radius 3 is 2.63 bits per heavy atom. The second-order valence-corrected chi connectivity index (χ2v) is 3.96. The van der Waals surface area contributed by atoms with E-state index in [0.29, 0.717) is 6.61 Å². The van der Waals surface area contributed by atoms with Gasteiger partial charge in [0, 0.05) is 0 Å². The molecule has 0 saturated carbocycles. The smallest absolute Gasteiger partial charge is 0.352 e. The fourth-order valence-corrected chi connectivity index (χ4v) is 1.79. The fraction of sp³-hybridized carbons (Fsp3) is 0.231. The van der Waals surface area contributed by atoms with Crippen LogP contribution in [-0.4, -0.2) is 23.7 Å². The summed E-state index contributed by atoms with van der Waals surface area (Å²) >= 11 is 0. The van der Waals surface area contributed by atoms with E-state index in [1.165, 1.54) is 6.08 Å². The summed E-state index contributed by atoms with van der Waals surface area (Å²) in [4.78, 5) is 22.3. The van der Waals surface area contributed by atoms with Gasteiger partial charge in [0.25, 0.3) is 0 Å². The largest absolute Gasteiger partial charge is 0.494 e. The van der Waals surface area contributed by atoms with Gasteiger partial charge in [-0.3, -0.25) is 0 Å². The summed E-state index contributed by atoms with van der Waals surface area (Å²) < 4.78 is 5.32. The molecule has 6 heteroatoms. The maximum atomic E-state index is 11.4. The number of nitrogens with one attached hydrogen (secondary N) is 2. The van der Waals surface area contributed by atoms with E-state index >= 15 is 0 Å². The molecule has 1 unspecified atom stereocenters. The maximum Gasteiger partial charge on any atom is 0.352 e. The third-order valence-electron chi connectivity index (χ3n) is 2.65. The van der Waals surface area contributed by atoms with Crippen LogP contribution in [0.2, 0.25) is 0 Å². The molecule has 0 radical (unpaired) electrons. The number of carbonyl (C=O) groups excluding carboxylic acids is 1. The van der Waals surface area contributed by atoms with Gasteiger partial charge in [-0.15, -0.1) is 0 Å². The number of carbonyl (C=O) groups is 2. The van der Waals surface area contributed by atoms with Gasteiger partial charge in [0.2, 0.25) is 0 Å². The summed E-state index contributed by atoms with van der Waals surface area (Å²) in [7, 11) is 0. The Morgan fingerprint density at radius 2 is 2.05 bits per heavy atom. The lowest BCUT2D eigenvalue weighted by atomic mass is 10.0. The van der Waals surface area contributed by atoms with Crippen LogP contribution in [0.5, 0.6) is 5.75 Å². The van der Waals surface area contributed by atoms with Gasteiger partial charge in [-0.1, -0.05) is 12.1 Å². The van der Waals surface area contributed by atoms with E-state index in [0.717, 1.165) is 11.3 Å². The molecule has 0 bridgehead atoms. The molecule has 0 fully saturated rings. The van der Waals surface area contributed by atoms with Gasteiger partial charge in [-0.2, -0.15) is 0 Å². The molecule has 1 aliphatic heterocycles. The Kier molecular flexibility index (Phi) is 3.70. The number of ether oxygens (including phenoxy) is 1. The average molecular weight is 262 g/mol. The monoisotopic (exact) mass is 262 g/mol. The first-order valence-electron chi connectivity index (χ1n) is 5.85. The summed E-state index contributed by atoms with van der Waals surface area (Å²) in [5.74, 6) is -0.431. The molecule has 1 aromatic rings. The first-order valence-corrected chi connectivity index (χ1v) is 5.85. The van der Waals surface area contributed by atoms with Gasteiger partial charge in [0.1, 0.15) is 11.4 Å². The Bertz CT molecular complexity index is 522. The van der Waals surface area contributed by atoms with Crippen molar-refractivity contribution in [1.29, 1.82) is 0 Å². The molecule has 1 aliphatic rings. The number of hydrogen-bond donors (Lipinski definition) is 3. The van der Waals surface area contributed by atoms with Crippen molar-refractivity contribution in [2.45, 2.75) is 13.0 Å². The number of carboxylic acid groups (broad SMARTS) is 1. The van der Waals surface area contributed by atoms with Crippen molar-refractivity contribution in [3.63, 3.8) is 0 Å². The zero-order chi connectivity index (χ0) is 13.8. The molecule has 0 aromatic heterocycles. The molecule has 3 N–H and O–H groups in total. The van der Waals surface area contributed by atoms with Crippen molar-refractivity contribution in [3.05, 3.63) is 41.6 Å². The molecule has 2 rings (SSSR count). The zero-order valence-corrected chi connectivity index (χ0v) is 10.3. The highest BCUT2D eigenvalue weighted by Crippen LogP contribution is 2.21. The zero-order valence-electron chi connectivity index (χ0n) is 10.3. The van der Waals surface area contributed by atoms with Gasteiger partial charge < -0.3 is 20.5 Å². The standard InChI is InChI=1S/C13H14N2O4/c1-2-19-9-5-3-8(4-6-9)10-7-11(12(16)17)15-13(18)14-10/h3-7,10H,2H2,1H3,(H,16,17)(H2,14,15,18). The number of amides is 2. The van der Waals surface area contributed by atoms with Crippen molar-refractivity contribution in [2.75, 3.05) is 6.61 Å². The predicted octanol–water partition coefficient (Wildman–Crippen LogP) is 1.41. The van der Waals surface area contributed by atoms with Crippen molar-refractivity contribution < 1.29 is 19.4 Å². The van der Waals surface area contributed by atoms with E-state index in [1.54, 1.807) is 24.3 Å². The molecule has 1 atom stereocenters. The lowest BCUT2D eigenvalue weighted by molar-refractivity contribution is -0.133. The second kappa shape index (κ2) is 5.43. The van der Waals surface area contributed by atoms with Crippen LogP contribution < -0.4 is 15.4 Å². The molecular formula is C13H14N2O4. The van der Waals surface area contributed by atoms with Crippen LogP contribution in [-0.2, 0) is 4.79 Å². The average Bonchev–Trinajstić information content (AvgIpc) is 2.39. The second-order valence-electron chi connectivity index (χ2n) is 3.96. The molecule has 0 aliphatic carbocycles. The van der Waals surface area contributed by atoms with Crippen LogP contribution in [0.1, 0.15) is 18.5 Å². The van der Waals surface area contributed by atoms with E-state index in [-0.39, 0.29) is 5.70 Å². The van der Waals surface area contributed by atoms with Crippen LogP contribution in [0.4, 0.5) is 4.79 Å². The normalized spacial score (nSPS) is 18.1. The molecular weight excluding hydrogens is 248 g/mol. The Hall–Kier alpha value is -2.50. The molecule has 2 amide bonds. The first-order chi connectivity index (χ1) is 9.10. The van der Waals surface area contributed by atoms with E-state index in [1.807, 2.05) is 6.92 Å². The summed E-state index contributed by atoms with van der Waals surface area (Å²) in [6, 6.07) is 6.14. The van der Waals surface area contributed by atoms with Crippen molar-refractivity contribution in [2.24, 2.45) is 0 Å². The van der Waals surface area contributed by atoms with Crippen molar-refractivity contribution in [1.82, 2.24) is 10.6 Å². The quantitative estimate of drug-likeness (QED) is 0.765. The molecule has 1 heterocycles. The number of hydrogen-bond acceptors (Lipinski definition) is 3. The fourth-order valence-electron chi connectivity index (χ4n) is 1.79. The Morgan fingerprint density at radius 1 is 1.37 bits per heavy atom. The van der Waals surface area contributed by atoms with E-state index in [2.05, 4.69) is 10.6 Å². The van der Waals surface area contributed by atoms with Gasteiger partial charge in [0.05, 0.1) is 12.6 Å². The van der Waals surface area contributed by atoms with Crippen LogP contribution in [0.25, 0.3) is 0 Å². The lowest BCUT2D eigenvalue weighted by Gasteiger charge is -2.22. The molecule has 1 aromatic carbocycles. The first kappa shape index (κ1) is 12.9. The minimum atomic E-state index is -1.16. The molecule has 0 saturated heterocycles. The van der Waals surface area contributed by atoms with E-state index < -0.39 is 18.0 Å². The van der Waals surface area contributed by atoms with Gasteiger partial charge >= 0.3 is 12.0 Å². The number of aliphatic carboxylic acids is 1. The molecule has 100 valence electrons. The highest BCUT2D eigenvalue weighted by atomic mass is 16.5. The third kappa shape index (κ3) is 3.04. The van der Waals surface area contributed by atoms with Crippen molar-refractivity contribution in [3.8, 4) is 5.75 Å². The maximum absolute atomic E-state index is 11.4. The Balaban J connectivity index is 2.22. The topological polar surface area (TPSA) is 87.7 Å². The molecule has 19 heavy (non-hydrogen) atoms. The SMILES string of the molecule is CCOc1ccc(C2C=C(C(=O)O)NC(=O)N2)cc1. The summed E-state index contributed by atoms with van der Waals surface area (Å²) in [6.07, 6.45) is 1.46. The van der Waals surface area contributed by atoms with Crippen LogP contribution in [0.3, 0.4) is 0 Å². The van der Waals surface area contributed by atoms with Gasteiger partial charge in [0.15, 0.2) is 0 Å². The van der Waals surface area contributed by atoms with Crippen LogP contribution >= 0.6 is 0 Å². The summed E-state index contributed by atoms with van der Waals surface area (Å²) in [6.45, 7) is 2.47. The number of benzene rings is 1. The van der Waals surface area contributed by atoms with Crippen molar-refractivity contribution >= 4 is 12.0 Å². The highest BCUT2D eigenvalue weighted by Gasteiger charge is 2.23. The lowest BCUT2D eigenvalue weighted by Crippen LogP contribution is -2.43. The molecule has 6 nitrogen and oxygen atoms in total. The van der Waals surface area contributed by atoms with Crippen LogP contribution in [0, 0.1) is 0 Å². The van der Waals surface area contributed by atoms with E-state index in [4.69, 9.17) is 9.84 Å². The van der Waals surface area contributed by atoms with Crippen LogP contribution in [0.15, 0.2) is 36.0 Å². The minimum absolute atomic E-state index is 0.123. The van der Waals surface area contributed by atoms with E-state index in [9.17, 15) is 9.59 Å². The summed E-state index contributed by atoms with van der Waals surface area (Å²) in [5, 5.41) is 13.8. The Labute approximate surface area is 110 Å².